The van der Waals surface area contributed by atoms with Crippen LogP contribution in [0.2, 0.25) is 0 Å². The van der Waals surface area contributed by atoms with Gasteiger partial charge >= 0.3 is 0 Å². The van der Waals surface area contributed by atoms with E-state index < -0.39 is 0 Å². The van der Waals surface area contributed by atoms with Crippen LogP contribution in [0.25, 0.3) is 21.1 Å². The number of fused-ring (bicyclic) bond motifs is 2. The molecule has 2 aromatic heterocycles. The first kappa shape index (κ1) is 13.0. The summed E-state index contributed by atoms with van der Waals surface area (Å²) in [6.45, 7) is 0. The maximum absolute atomic E-state index is 12.6. The van der Waals surface area contributed by atoms with Crippen LogP contribution in [-0.4, -0.2) is 10.8 Å². The van der Waals surface area contributed by atoms with Crippen LogP contribution in [0.4, 0.5) is 5.69 Å². The molecule has 2 N–H and O–H groups in total. The molecular weight excluding hydrogens is 292 g/mol. The number of hydrogen-bond donors (Lipinski definition) is 1. The highest BCUT2D eigenvalue weighted by molar-refractivity contribution is 7.20. The molecule has 0 aliphatic rings. The largest absolute Gasteiger partial charge is 0.398 e. The molecule has 0 saturated heterocycles. The van der Waals surface area contributed by atoms with Crippen molar-refractivity contribution in [3.05, 3.63) is 71.1 Å². The average Bonchev–Trinajstić information content (AvgIpc) is 2.95. The van der Waals surface area contributed by atoms with Gasteiger partial charge in [0.25, 0.3) is 0 Å². The van der Waals surface area contributed by atoms with Crippen molar-refractivity contribution in [2.45, 2.75) is 0 Å². The Hall–Kier alpha value is -2.72. The van der Waals surface area contributed by atoms with Gasteiger partial charge in [0.05, 0.1) is 10.4 Å². The quantitative estimate of drug-likeness (QED) is 0.444. The number of rotatable bonds is 2. The van der Waals surface area contributed by atoms with Crippen LogP contribution < -0.4 is 5.73 Å². The number of nitrogens with zero attached hydrogens (tertiary/aromatic N) is 1. The molecule has 3 nitrogen and oxygen atoms in total. The molecule has 0 unspecified atom stereocenters. The van der Waals surface area contributed by atoms with Gasteiger partial charge in [-0.25, -0.2) is 4.98 Å². The molecule has 0 amide bonds. The van der Waals surface area contributed by atoms with E-state index in [0.717, 1.165) is 21.1 Å². The molecule has 2 heterocycles. The molecule has 4 rings (SSSR count). The SMILES string of the molecule is Nc1ccccc1C(=O)c1cc2cc3ccccc3nc2s1. The summed E-state index contributed by atoms with van der Waals surface area (Å²) in [7, 11) is 0. The molecule has 0 aliphatic heterocycles. The molecule has 0 aliphatic carbocycles. The van der Waals surface area contributed by atoms with Crippen molar-refractivity contribution in [3.63, 3.8) is 0 Å². The molecule has 0 atom stereocenters. The van der Waals surface area contributed by atoms with E-state index in [1.807, 2.05) is 42.5 Å². The topological polar surface area (TPSA) is 56.0 Å². The van der Waals surface area contributed by atoms with Gasteiger partial charge in [0.15, 0.2) is 0 Å². The molecule has 0 radical (unpaired) electrons. The standard InChI is InChI=1S/C18H12N2OS/c19-14-7-3-2-6-13(14)17(21)16-10-12-9-11-5-1-4-8-15(11)20-18(12)22-16/h1-10H,19H2. The zero-order valence-corrected chi connectivity index (χ0v) is 12.4. The van der Waals surface area contributed by atoms with E-state index in [2.05, 4.69) is 11.1 Å². The lowest BCUT2D eigenvalue weighted by Crippen LogP contribution is -2.02. The molecule has 4 aromatic rings. The van der Waals surface area contributed by atoms with Crippen molar-refractivity contribution in [1.29, 1.82) is 0 Å². The molecule has 106 valence electrons. The Labute approximate surface area is 131 Å². The number of para-hydroxylation sites is 2. The number of anilines is 1. The number of thiophene rings is 1. The van der Waals surface area contributed by atoms with E-state index in [1.54, 1.807) is 12.1 Å². The van der Waals surface area contributed by atoms with E-state index >= 15 is 0 Å². The van der Waals surface area contributed by atoms with Gasteiger partial charge in [0.1, 0.15) is 4.83 Å². The highest BCUT2D eigenvalue weighted by atomic mass is 32.1. The van der Waals surface area contributed by atoms with E-state index in [-0.39, 0.29) is 5.78 Å². The predicted octanol–water partition coefficient (Wildman–Crippen LogP) is 4.26. The fraction of sp³-hybridized carbons (Fsp3) is 0. The number of aromatic nitrogens is 1. The first-order chi connectivity index (χ1) is 10.7. The molecule has 0 bridgehead atoms. The number of benzene rings is 2. The predicted molar refractivity (Wildman–Crippen MR) is 91.4 cm³/mol. The summed E-state index contributed by atoms with van der Waals surface area (Å²) in [5.74, 6) is -0.0508. The molecule has 22 heavy (non-hydrogen) atoms. The zero-order valence-electron chi connectivity index (χ0n) is 11.6. The fourth-order valence-corrected chi connectivity index (χ4v) is 3.50. The third-order valence-electron chi connectivity index (χ3n) is 3.64. The van der Waals surface area contributed by atoms with Crippen LogP contribution in [0.1, 0.15) is 15.2 Å². The lowest BCUT2D eigenvalue weighted by molar-refractivity contribution is 0.104. The third kappa shape index (κ3) is 2.05. The smallest absolute Gasteiger partial charge is 0.205 e. The minimum Gasteiger partial charge on any atom is -0.398 e. The van der Waals surface area contributed by atoms with Crippen LogP contribution in [0.5, 0.6) is 0 Å². The van der Waals surface area contributed by atoms with Crippen LogP contribution in [0.3, 0.4) is 0 Å². The number of nitrogens with two attached hydrogens (primary N) is 1. The second-order valence-electron chi connectivity index (χ2n) is 5.10. The summed E-state index contributed by atoms with van der Waals surface area (Å²) >= 11 is 1.41. The summed E-state index contributed by atoms with van der Waals surface area (Å²) < 4.78 is 0. The number of carbonyl (C=O) groups excluding carboxylic acids is 1. The average molecular weight is 304 g/mol. The van der Waals surface area contributed by atoms with Gasteiger partial charge in [0, 0.05) is 22.0 Å². The van der Waals surface area contributed by atoms with Crippen molar-refractivity contribution in [2.75, 3.05) is 5.73 Å². The Morgan fingerprint density at radius 2 is 1.73 bits per heavy atom. The van der Waals surface area contributed by atoms with Crippen LogP contribution in [0.15, 0.2) is 60.7 Å². The highest BCUT2D eigenvalue weighted by Gasteiger charge is 2.15. The summed E-state index contributed by atoms with van der Waals surface area (Å²) in [6, 6.07) is 19.1. The fourth-order valence-electron chi connectivity index (χ4n) is 2.52. The van der Waals surface area contributed by atoms with Crippen molar-refractivity contribution < 1.29 is 4.79 Å². The first-order valence-corrected chi connectivity index (χ1v) is 7.72. The molecule has 0 fully saturated rings. The molecule has 4 heteroatoms. The Kier molecular flexibility index (Phi) is 2.91. The molecule has 2 aromatic carbocycles. The molecule has 0 spiro atoms. The van der Waals surface area contributed by atoms with Gasteiger partial charge < -0.3 is 5.73 Å². The summed E-state index contributed by atoms with van der Waals surface area (Å²) in [5.41, 5.74) is 7.89. The van der Waals surface area contributed by atoms with E-state index in [9.17, 15) is 4.79 Å². The van der Waals surface area contributed by atoms with Crippen molar-refractivity contribution in [2.24, 2.45) is 0 Å². The van der Waals surface area contributed by atoms with Gasteiger partial charge in [-0.05, 0) is 30.3 Å². The maximum Gasteiger partial charge on any atom is 0.205 e. The second-order valence-corrected chi connectivity index (χ2v) is 6.13. The Morgan fingerprint density at radius 1 is 0.955 bits per heavy atom. The Balaban J connectivity index is 1.87. The summed E-state index contributed by atoms with van der Waals surface area (Å²) in [4.78, 5) is 18.8. The third-order valence-corrected chi connectivity index (χ3v) is 4.68. The Morgan fingerprint density at radius 3 is 2.59 bits per heavy atom. The van der Waals surface area contributed by atoms with Crippen LogP contribution >= 0.6 is 11.3 Å². The monoisotopic (exact) mass is 304 g/mol. The number of ketones is 1. The maximum atomic E-state index is 12.6. The van der Waals surface area contributed by atoms with Crippen LogP contribution in [-0.2, 0) is 0 Å². The number of nitrogen functional groups attached to an aromatic ring is 1. The Bertz CT molecular complexity index is 967. The van der Waals surface area contributed by atoms with Crippen molar-refractivity contribution in [1.82, 2.24) is 4.98 Å². The lowest BCUT2D eigenvalue weighted by atomic mass is 10.1. The normalized spacial score (nSPS) is 11.1. The molecule has 0 saturated carbocycles. The zero-order chi connectivity index (χ0) is 15.1. The van der Waals surface area contributed by atoms with Gasteiger partial charge in [-0.3, -0.25) is 4.79 Å². The van der Waals surface area contributed by atoms with E-state index in [0.29, 0.717) is 16.1 Å². The number of hydrogen-bond acceptors (Lipinski definition) is 4. The van der Waals surface area contributed by atoms with E-state index in [1.165, 1.54) is 11.3 Å². The van der Waals surface area contributed by atoms with Crippen molar-refractivity contribution in [3.8, 4) is 0 Å². The van der Waals surface area contributed by atoms with Crippen LogP contribution in [0, 0.1) is 0 Å². The lowest BCUT2D eigenvalue weighted by Gasteiger charge is -2.01. The second kappa shape index (κ2) is 4.93. The van der Waals surface area contributed by atoms with E-state index in [4.69, 9.17) is 5.73 Å². The highest BCUT2D eigenvalue weighted by Crippen LogP contribution is 2.29. The van der Waals surface area contributed by atoms with Crippen molar-refractivity contribution >= 4 is 43.9 Å². The van der Waals surface area contributed by atoms with Gasteiger partial charge in [-0.1, -0.05) is 30.3 Å². The summed E-state index contributed by atoms with van der Waals surface area (Å²) in [6.07, 6.45) is 0. The van der Waals surface area contributed by atoms with Gasteiger partial charge in [-0.15, -0.1) is 11.3 Å². The molecular formula is C18H12N2OS. The first-order valence-electron chi connectivity index (χ1n) is 6.91. The minimum absolute atomic E-state index is 0.0508. The number of pyridine rings is 1. The van der Waals surface area contributed by atoms with Gasteiger partial charge in [-0.2, -0.15) is 0 Å². The minimum atomic E-state index is -0.0508. The van der Waals surface area contributed by atoms with Gasteiger partial charge in [0.2, 0.25) is 5.78 Å². The summed E-state index contributed by atoms with van der Waals surface area (Å²) in [5, 5.41) is 2.06. The number of carbonyl (C=O) groups is 1.